The Morgan fingerprint density at radius 2 is 1.86 bits per heavy atom. The minimum atomic E-state index is -0.117. The maximum Gasteiger partial charge on any atom is 0.268 e. The number of nitrogens with zero attached hydrogens (tertiary/aromatic N) is 2. The van der Waals surface area contributed by atoms with Crippen LogP contribution in [0.4, 0.5) is 11.4 Å². The van der Waals surface area contributed by atoms with Crippen LogP contribution in [0.1, 0.15) is 38.3 Å². The molecule has 0 bridgehead atoms. The van der Waals surface area contributed by atoms with Gasteiger partial charge >= 0.3 is 0 Å². The van der Waals surface area contributed by atoms with Crippen LogP contribution in [0, 0.1) is 0 Å². The summed E-state index contributed by atoms with van der Waals surface area (Å²) in [5, 5.41) is 6.80. The first-order valence-electron chi connectivity index (χ1n) is 9.40. The second-order valence-electron chi connectivity index (χ2n) is 6.99. The molecule has 2 amide bonds. The van der Waals surface area contributed by atoms with Crippen molar-refractivity contribution in [3.05, 3.63) is 59.7 Å². The summed E-state index contributed by atoms with van der Waals surface area (Å²) in [6.45, 7) is 5.22. The molecule has 1 aliphatic rings. The van der Waals surface area contributed by atoms with Gasteiger partial charge in [0.1, 0.15) is 0 Å². The summed E-state index contributed by atoms with van der Waals surface area (Å²) in [5.74, 6) is -0.217. The molecule has 1 N–H and O–H groups in total. The molecule has 146 valence electrons. The number of nitrogens with one attached hydrogen (secondary N) is 1. The van der Waals surface area contributed by atoms with Gasteiger partial charge in [-0.1, -0.05) is 35.5 Å². The number of oxime groups is 1. The lowest BCUT2D eigenvalue weighted by molar-refractivity contribution is -0.123. The molecule has 0 radical (unpaired) electrons. The SMILES string of the molecule is CC(=O)Nc1ccc(/C(C)=N/OCC(=O)N2c3ccccc3CCC2C)cc1. The first-order valence-corrected chi connectivity index (χ1v) is 9.40. The zero-order valence-corrected chi connectivity index (χ0v) is 16.4. The first-order chi connectivity index (χ1) is 13.5. The number of carbonyl (C=O) groups excluding carboxylic acids is 2. The largest absolute Gasteiger partial charge is 0.385 e. The predicted octanol–water partition coefficient (Wildman–Crippen LogP) is 3.75. The summed E-state index contributed by atoms with van der Waals surface area (Å²) >= 11 is 0. The average molecular weight is 379 g/mol. The van der Waals surface area contributed by atoms with E-state index in [4.69, 9.17) is 4.84 Å². The van der Waals surface area contributed by atoms with Gasteiger partial charge in [0.15, 0.2) is 6.61 Å². The van der Waals surface area contributed by atoms with Crippen LogP contribution in [0.3, 0.4) is 0 Å². The molecule has 1 heterocycles. The second-order valence-corrected chi connectivity index (χ2v) is 6.99. The average Bonchev–Trinajstić information content (AvgIpc) is 2.67. The molecule has 0 fully saturated rings. The van der Waals surface area contributed by atoms with Crippen molar-refractivity contribution in [3.8, 4) is 0 Å². The monoisotopic (exact) mass is 379 g/mol. The summed E-state index contributed by atoms with van der Waals surface area (Å²) in [7, 11) is 0. The van der Waals surface area contributed by atoms with Crippen molar-refractivity contribution in [3.63, 3.8) is 0 Å². The zero-order chi connectivity index (χ0) is 20.1. The molecular formula is C22H25N3O3. The van der Waals surface area contributed by atoms with Gasteiger partial charge < -0.3 is 15.1 Å². The van der Waals surface area contributed by atoms with E-state index in [0.29, 0.717) is 5.71 Å². The molecule has 2 aromatic rings. The number of rotatable bonds is 5. The number of carbonyl (C=O) groups is 2. The number of amides is 2. The summed E-state index contributed by atoms with van der Waals surface area (Å²) in [6, 6.07) is 15.4. The fraction of sp³-hybridized carbons (Fsp3) is 0.318. The minimum absolute atomic E-state index is 0.0998. The van der Waals surface area contributed by atoms with E-state index >= 15 is 0 Å². The molecule has 1 unspecified atom stereocenters. The molecule has 0 aliphatic carbocycles. The van der Waals surface area contributed by atoms with Gasteiger partial charge in [-0.05, 0) is 56.0 Å². The fourth-order valence-corrected chi connectivity index (χ4v) is 3.37. The second kappa shape index (κ2) is 8.69. The van der Waals surface area contributed by atoms with Gasteiger partial charge in [-0.3, -0.25) is 9.59 Å². The summed E-state index contributed by atoms with van der Waals surface area (Å²) < 4.78 is 0. The summed E-state index contributed by atoms with van der Waals surface area (Å²) in [6.07, 6.45) is 1.92. The van der Waals surface area contributed by atoms with Gasteiger partial charge in [-0.25, -0.2) is 0 Å². The van der Waals surface area contributed by atoms with Crippen LogP contribution in [-0.4, -0.2) is 30.2 Å². The standard InChI is InChI=1S/C22H25N3O3/c1-15-8-9-19-6-4-5-7-21(19)25(15)22(27)14-28-24-16(2)18-10-12-20(13-11-18)23-17(3)26/h4-7,10-13,15H,8-9,14H2,1-3H3,(H,23,26)/b24-16+. The molecule has 2 aromatic carbocycles. The Bertz CT molecular complexity index is 890. The third-order valence-electron chi connectivity index (χ3n) is 4.80. The van der Waals surface area contributed by atoms with E-state index in [2.05, 4.69) is 23.5 Å². The quantitative estimate of drug-likeness (QED) is 0.635. The van der Waals surface area contributed by atoms with E-state index in [0.717, 1.165) is 29.8 Å². The lowest BCUT2D eigenvalue weighted by atomic mass is 9.96. The smallest absolute Gasteiger partial charge is 0.268 e. The molecular weight excluding hydrogens is 354 g/mol. The van der Waals surface area contributed by atoms with E-state index in [9.17, 15) is 9.59 Å². The van der Waals surface area contributed by atoms with Crippen LogP contribution >= 0.6 is 0 Å². The van der Waals surface area contributed by atoms with Crippen LogP contribution in [-0.2, 0) is 20.8 Å². The van der Waals surface area contributed by atoms with Crippen molar-refractivity contribution in [1.29, 1.82) is 0 Å². The maximum atomic E-state index is 12.7. The lowest BCUT2D eigenvalue weighted by Crippen LogP contribution is -2.43. The molecule has 1 atom stereocenters. The molecule has 0 saturated heterocycles. The molecule has 6 heteroatoms. The number of hydrogen-bond donors (Lipinski definition) is 1. The van der Waals surface area contributed by atoms with Gasteiger partial charge in [-0.2, -0.15) is 0 Å². The molecule has 28 heavy (non-hydrogen) atoms. The highest BCUT2D eigenvalue weighted by atomic mass is 16.6. The Labute approximate surface area is 165 Å². The van der Waals surface area contributed by atoms with Crippen molar-refractivity contribution in [2.75, 3.05) is 16.8 Å². The first kappa shape index (κ1) is 19.6. The number of para-hydroxylation sites is 1. The van der Waals surface area contributed by atoms with E-state index in [-0.39, 0.29) is 24.5 Å². The van der Waals surface area contributed by atoms with Crippen molar-refractivity contribution in [2.24, 2.45) is 5.16 Å². The minimum Gasteiger partial charge on any atom is -0.385 e. The van der Waals surface area contributed by atoms with Crippen molar-refractivity contribution < 1.29 is 14.4 Å². The number of hydrogen-bond acceptors (Lipinski definition) is 4. The summed E-state index contributed by atoms with van der Waals surface area (Å²) in [4.78, 5) is 31.0. The third-order valence-corrected chi connectivity index (χ3v) is 4.80. The lowest BCUT2D eigenvalue weighted by Gasteiger charge is -2.34. The van der Waals surface area contributed by atoms with Crippen LogP contribution in [0.25, 0.3) is 0 Å². The third kappa shape index (κ3) is 4.57. The topological polar surface area (TPSA) is 71.0 Å². The Hall–Kier alpha value is -3.15. The summed E-state index contributed by atoms with van der Waals surface area (Å²) in [5.41, 5.74) is 4.39. The van der Waals surface area contributed by atoms with Crippen molar-refractivity contribution >= 4 is 28.9 Å². The highest BCUT2D eigenvalue weighted by molar-refractivity contribution is 5.99. The van der Waals surface area contributed by atoms with E-state index < -0.39 is 0 Å². The number of fused-ring (bicyclic) bond motifs is 1. The van der Waals surface area contributed by atoms with Gasteiger partial charge in [0, 0.05) is 24.3 Å². The van der Waals surface area contributed by atoms with E-state index in [1.165, 1.54) is 12.5 Å². The van der Waals surface area contributed by atoms with Crippen molar-refractivity contribution in [2.45, 2.75) is 39.7 Å². The molecule has 0 spiro atoms. The zero-order valence-electron chi connectivity index (χ0n) is 16.4. The molecule has 3 rings (SSSR count). The van der Waals surface area contributed by atoms with Gasteiger partial charge in [-0.15, -0.1) is 0 Å². The maximum absolute atomic E-state index is 12.7. The number of aryl methyl sites for hydroxylation is 1. The predicted molar refractivity (Wildman–Crippen MR) is 111 cm³/mol. The highest BCUT2D eigenvalue weighted by Crippen LogP contribution is 2.30. The van der Waals surface area contributed by atoms with Crippen LogP contribution in [0.2, 0.25) is 0 Å². The van der Waals surface area contributed by atoms with E-state index in [1.54, 1.807) is 12.1 Å². The van der Waals surface area contributed by atoms with E-state index in [1.807, 2.05) is 42.2 Å². The van der Waals surface area contributed by atoms with Gasteiger partial charge in [0.2, 0.25) is 5.91 Å². The molecule has 0 saturated carbocycles. The normalized spacial score (nSPS) is 16.3. The Kier molecular flexibility index (Phi) is 6.09. The van der Waals surface area contributed by atoms with Crippen LogP contribution in [0.5, 0.6) is 0 Å². The Balaban J connectivity index is 1.62. The number of benzene rings is 2. The molecule has 1 aliphatic heterocycles. The Morgan fingerprint density at radius 3 is 2.57 bits per heavy atom. The fourth-order valence-electron chi connectivity index (χ4n) is 3.37. The highest BCUT2D eigenvalue weighted by Gasteiger charge is 2.28. The van der Waals surface area contributed by atoms with Crippen LogP contribution in [0.15, 0.2) is 53.7 Å². The molecule has 0 aromatic heterocycles. The Morgan fingerprint density at radius 1 is 1.14 bits per heavy atom. The van der Waals surface area contributed by atoms with Gasteiger partial charge in [0.05, 0.1) is 5.71 Å². The van der Waals surface area contributed by atoms with Crippen molar-refractivity contribution in [1.82, 2.24) is 0 Å². The van der Waals surface area contributed by atoms with Crippen LogP contribution < -0.4 is 10.2 Å². The van der Waals surface area contributed by atoms with Gasteiger partial charge in [0.25, 0.3) is 5.91 Å². The molecule has 6 nitrogen and oxygen atoms in total. The number of anilines is 2.